The van der Waals surface area contributed by atoms with Crippen LogP contribution in [0.3, 0.4) is 0 Å². The van der Waals surface area contributed by atoms with Gasteiger partial charge in [0.2, 0.25) is 11.8 Å². The zero-order valence-corrected chi connectivity index (χ0v) is 10.7. The molecule has 2 rings (SSSR count). The lowest BCUT2D eigenvalue weighted by Gasteiger charge is -2.20. The van der Waals surface area contributed by atoms with E-state index in [1.54, 1.807) is 5.38 Å². The molecule has 0 bridgehead atoms. The fourth-order valence-corrected chi connectivity index (χ4v) is 2.50. The SMILES string of the molecule is NC(=O)Cc1csc(NC(=O)C2CCOCC2)n1. The number of hydrogen-bond acceptors (Lipinski definition) is 5. The average molecular weight is 269 g/mol. The second-order valence-electron chi connectivity index (χ2n) is 4.16. The van der Waals surface area contributed by atoms with Crippen LogP contribution >= 0.6 is 11.3 Å². The first-order valence-corrected chi connectivity index (χ1v) is 6.64. The molecule has 1 aromatic rings. The first kappa shape index (κ1) is 13.0. The molecule has 18 heavy (non-hydrogen) atoms. The highest BCUT2D eigenvalue weighted by molar-refractivity contribution is 7.13. The van der Waals surface area contributed by atoms with Crippen LogP contribution in [-0.4, -0.2) is 30.0 Å². The minimum atomic E-state index is -0.428. The van der Waals surface area contributed by atoms with Crippen molar-refractivity contribution in [2.45, 2.75) is 19.3 Å². The summed E-state index contributed by atoms with van der Waals surface area (Å²) in [6, 6.07) is 0. The third-order valence-electron chi connectivity index (χ3n) is 2.73. The smallest absolute Gasteiger partial charge is 0.229 e. The molecule has 6 nitrogen and oxygen atoms in total. The third-order valence-corrected chi connectivity index (χ3v) is 3.54. The van der Waals surface area contributed by atoms with Gasteiger partial charge in [-0.15, -0.1) is 11.3 Å². The lowest BCUT2D eigenvalue weighted by molar-refractivity contribution is -0.122. The summed E-state index contributed by atoms with van der Waals surface area (Å²) in [6.45, 7) is 1.26. The van der Waals surface area contributed by atoms with Crippen molar-refractivity contribution in [3.63, 3.8) is 0 Å². The standard InChI is InChI=1S/C11H15N3O3S/c12-9(15)5-8-6-18-11(13-8)14-10(16)7-1-3-17-4-2-7/h6-7H,1-5H2,(H2,12,15)(H,13,14,16). The number of ether oxygens (including phenoxy) is 1. The molecule has 2 heterocycles. The number of thiazole rings is 1. The molecule has 0 radical (unpaired) electrons. The first-order chi connectivity index (χ1) is 8.65. The van der Waals surface area contributed by atoms with Gasteiger partial charge in [0.1, 0.15) is 0 Å². The Hall–Kier alpha value is -1.47. The van der Waals surface area contributed by atoms with E-state index in [2.05, 4.69) is 10.3 Å². The van der Waals surface area contributed by atoms with Crippen molar-refractivity contribution in [3.05, 3.63) is 11.1 Å². The van der Waals surface area contributed by atoms with Gasteiger partial charge in [-0.05, 0) is 12.8 Å². The summed E-state index contributed by atoms with van der Waals surface area (Å²) in [5, 5.41) is 5.01. The Labute approximate surface area is 109 Å². The van der Waals surface area contributed by atoms with Crippen LogP contribution in [0.1, 0.15) is 18.5 Å². The summed E-state index contributed by atoms with van der Waals surface area (Å²) in [5.74, 6) is -0.469. The van der Waals surface area contributed by atoms with E-state index in [-0.39, 0.29) is 18.2 Å². The summed E-state index contributed by atoms with van der Waals surface area (Å²) in [5.41, 5.74) is 5.67. The predicted molar refractivity (Wildman–Crippen MR) is 67.2 cm³/mol. The highest BCUT2D eigenvalue weighted by atomic mass is 32.1. The van der Waals surface area contributed by atoms with E-state index in [0.717, 1.165) is 12.8 Å². The number of rotatable bonds is 4. The number of carbonyl (C=O) groups is 2. The Morgan fingerprint density at radius 3 is 2.89 bits per heavy atom. The van der Waals surface area contributed by atoms with Gasteiger partial charge in [0, 0.05) is 24.5 Å². The molecule has 3 N–H and O–H groups in total. The molecule has 0 spiro atoms. The number of primary amides is 1. The van der Waals surface area contributed by atoms with E-state index in [4.69, 9.17) is 10.5 Å². The van der Waals surface area contributed by atoms with Crippen molar-refractivity contribution >= 4 is 28.3 Å². The maximum atomic E-state index is 11.9. The zero-order chi connectivity index (χ0) is 13.0. The summed E-state index contributed by atoms with van der Waals surface area (Å²) in [7, 11) is 0. The van der Waals surface area contributed by atoms with E-state index in [0.29, 0.717) is 24.0 Å². The summed E-state index contributed by atoms with van der Waals surface area (Å²) in [4.78, 5) is 26.8. The number of anilines is 1. The Kier molecular flexibility index (Phi) is 4.27. The van der Waals surface area contributed by atoms with Crippen molar-refractivity contribution in [2.24, 2.45) is 11.7 Å². The first-order valence-electron chi connectivity index (χ1n) is 5.76. The maximum Gasteiger partial charge on any atom is 0.229 e. The van der Waals surface area contributed by atoms with Gasteiger partial charge in [0.15, 0.2) is 5.13 Å². The van der Waals surface area contributed by atoms with Crippen LogP contribution in [0.2, 0.25) is 0 Å². The largest absolute Gasteiger partial charge is 0.381 e. The van der Waals surface area contributed by atoms with Crippen LogP contribution in [-0.2, 0) is 20.7 Å². The lowest BCUT2D eigenvalue weighted by atomic mass is 10.00. The Morgan fingerprint density at radius 2 is 2.22 bits per heavy atom. The van der Waals surface area contributed by atoms with Crippen molar-refractivity contribution in [2.75, 3.05) is 18.5 Å². The third kappa shape index (κ3) is 3.51. The van der Waals surface area contributed by atoms with Gasteiger partial charge >= 0.3 is 0 Å². The minimum absolute atomic E-state index is 0.0118. The van der Waals surface area contributed by atoms with Gasteiger partial charge in [0.05, 0.1) is 12.1 Å². The molecule has 1 fully saturated rings. The summed E-state index contributed by atoms with van der Waals surface area (Å²) >= 11 is 1.30. The molecule has 0 aliphatic carbocycles. The number of amides is 2. The minimum Gasteiger partial charge on any atom is -0.381 e. The molecule has 0 saturated carbocycles. The molecule has 7 heteroatoms. The molecule has 1 aliphatic heterocycles. The second-order valence-corrected chi connectivity index (χ2v) is 5.02. The highest BCUT2D eigenvalue weighted by Crippen LogP contribution is 2.20. The van der Waals surface area contributed by atoms with Crippen LogP contribution in [0.15, 0.2) is 5.38 Å². The Bertz CT molecular complexity index is 440. The predicted octanol–water partition coefficient (Wildman–Crippen LogP) is 0.536. The molecule has 0 aromatic carbocycles. The van der Waals surface area contributed by atoms with E-state index in [1.165, 1.54) is 11.3 Å². The van der Waals surface area contributed by atoms with Crippen LogP contribution in [0.4, 0.5) is 5.13 Å². The van der Waals surface area contributed by atoms with E-state index >= 15 is 0 Å². The molecule has 0 unspecified atom stereocenters. The van der Waals surface area contributed by atoms with E-state index in [9.17, 15) is 9.59 Å². The number of hydrogen-bond donors (Lipinski definition) is 2. The molecule has 0 atom stereocenters. The van der Waals surface area contributed by atoms with Gasteiger partial charge < -0.3 is 15.8 Å². The zero-order valence-electron chi connectivity index (χ0n) is 9.85. The van der Waals surface area contributed by atoms with Crippen molar-refractivity contribution < 1.29 is 14.3 Å². The normalized spacial score (nSPS) is 16.4. The van der Waals surface area contributed by atoms with Crippen LogP contribution in [0, 0.1) is 5.92 Å². The van der Waals surface area contributed by atoms with Gasteiger partial charge in [0.25, 0.3) is 0 Å². The maximum absolute atomic E-state index is 11.9. The number of nitrogens with one attached hydrogen (secondary N) is 1. The quantitative estimate of drug-likeness (QED) is 0.834. The van der Waals surface area contributed by atoms with Crippen LogP contribution < -0.4 is 11.1 Å². The van der Waals surface area contributed by atoms with E-state index in [1.807, 2.05) is 0 Å². The van der Waals surface area contributed by atoms with Gasteiger partial charge in [-0.25, -0.2) is 4.98 Å². The van der Waals surface area contributed by atoms with Crippen LogP contribution in [0.25, 0.3) is 0 Å². The Balaban J connectivity index is 1.90. The van der Waals surface area contributed by atoms with Gasteiger partial charge in [-0.3, -0.25) is 9.59 Å². The molecule has 98 valence electrons. The number of aromatic nitrogens is 1. The van der Waals surface area contributed by atoms with E-state index < -0.39 is 5.91 Å². The van der Waals surface area contributed by atoms with Gasteiger partial charge in [-0.1, -0.05) is 0 Å². The molecule has 1 aromatic heterocycles. The average Bonchev–Trinajstić information content (AvgIpc) is 2.76. The fraction of sp³-hybridized carbons (Fsp3) is 0.545. The van der Waals surface area contributed by atoms with Crippen LogP contribution in [0.5, 0.6) is 0 Å². The topological polar surface area (TPSA) is 94.3 Å². The van der Waals surface area contributed by atoms with Crippen molar-refractivity contribution in [3.8, 4) is 0 Å². The molecular formula is C11H15N3O3S. The molecular weight excluding hydrogens is 254 g/mol. The monoisotopic (exact) mass is 269 g/mol. The lowest BCUT2D eigenvalue weighted by Crippen LogP contribution is -2.28. The number of nitrogens with two attached hydrogens (primary N) is 1. The Morgan fingerprint density at radius 1 is 1.50 bits per heavy atom. The summed E-state index contributed by atoms with van der Waals surface area (Å²) in [6.07, 6.45) is 1.58. The fourth-order valence-electron chi connectivity index (χ4n) is 1.79. The van der Waals surface area contributed by atoms with Crippen molar-refractivity contribution in [1.29, 1.82) is 0 Å². The molecule has 1 saturated heterocycles. The summed E-state index contributed by atoms with van der Waals surface area (Å²) < 4.78 is 5.20. The highest BCUT2D eigenvalue weighted by Gasteiger charge is 2.22. The van der Waals surface area contributed by atoms with Gasteiger partial charge in [-0.2, -0.15) is 0 Å². The number of carbonyl (C=O) groups excluding carboxylic acids is 2. The number of nitrogens with zero attached hydrogens (tertiary/aromatic N) is 1. The molecule has 2 amide bonds. The second kappa shape index (κ2) is 5.92. The molecule has 1 aliphatic rings. The van der Waals surface area contributed by atoms with Crippen molar-refractivity contribution in [1.82, 2.24) is 4.98 Å².